The van der Waals surface area contributed by atoms with E-state index in [0.717, 1.165) is 5.56 Å². The molecule has 0 unspecified atom stereocenters. The van der Waals surface area contributed by atoms with Crippen LogP contribution >= 0.6 is 0 Å². The number of benzene rings is 2. The van der Waals surface area contributed by atoms with Gasteiger partial charge in [-0.05, 0) is 54.6 Å². The minimum atomic E-state index is -0.628. The van der Waals surface area contributed by atoms with Gasteiger partial charge in [0.1, 0.15) is 29.5 Å². The van der Waals surface area contributed by atoms with Gasteiger partial charge in [-0.15, -0.1) is 0 Å². The van der Waals surface area contributed by atoms with Gasteiger partial charge in [0.05, 0.1) is 73.3 Å². The van der Waals surface area contributed by atoms with Crippen molar-refractivity contribution in [1.29, 1.82) is 0 Å². The van der Waals surface area contributed by atoms with Gasteiger partial charge in [-0.2, -0.15) is 0 Å². The lowest BCUT2D eigenvalue weighted by molar-refractivity contribution is -0.120. The highest BCUT2D eigenvalue weighted by molar-refractivity contribution is 6.10. The highest BCUT2D eigenvalue weighted by Crippen LogP contribution is 2.34. The summed E-state index contributed by atoms with van der Waals surface area (Å²) in [4.78, 5) is 84.6. The average Bonchev–Trinajstić information content (AvgIpc) is 3.93. The third kappa shape index (κ3) is 7.53. The first-order valence-corrected chi connectivity index (χ1v) is 17.4. The summed E-state index contributed by atoms with van der Waals surface area (Å²) in [5, 5.41) is 5.17. The summed E-state index contributed by atoms with van der Waals surface area (Å²) in [6.07, 6.45) is 0.856. The van der Waals surface area contributed by atoms with Crippen molar-refractivity contribution < 1.29 is 47.0 Å². The number of rotatable bonds is 8. The van der Waals surface area contributed by atoms with E-state index in [4.69, 9.17) is 9.47 Å². The number of nitrogens with one attached hydrogen (secondary N) is 2. The number of anilines is 4. The maximum absolute atomic E-state index is 14.8. The Morgan fingerprint density at radius 3 is 1.71 bits per heavy atom. The number of hydrogen-bond acceptors (Lipinski definition) is 10. The molecule has 18 heteroatoms. The molecule has 2 saturated heterocycles. The van der Waals surface area contributed by atoms with E-state index in [1.54, 1.807) is 42.6 Å². The van der Waals surface area contributed by atoms with E-state index in [-0.39, 0.29) is 74.3 Å². The molecule has 4 aromatic rings. The Morgan fingerprint density at radius 1 is 0.696 bits per heavy atom. The van der Waals surface area contributed by atoms with Crippen molar-refractivity contribution in [3.05, 3.63) is 107 Å². The molecule has 6 heterocycles. The first kappa shape index (κ1) is 37.3. The highest BCUT2D eigenvalue weighted by atomic mass is 19.1. The molecular weight excluding hydrogens is 734 g/mol. The lowest BCUT2D eigenvalue weighted by Gasteiger charge is -2.19. The second kappa shape index (κ2) is 15.4. The van der Waals surface area contributed by atoms with Gasteiger partial charge in [-0.1, -0.05) is 6.07 Å². The second-order valence-corrected chi connectivity index (χ2v) is 13.2. The zero-order chi connectivity index (χ0) is 39.7. The highest BCUT2D eigenvalue weighted by Gasteiger charge is 2.36. The number of hydrogen-bond donors (Lipinski definition) is 2. The quantitative estimate of drug-likeness (QED) is 0.268. The van der Waals surface area contributed by atoms with Crippen LogP contribution in [0.5, 0.6) is 0 Å². The van der Waals surface area contributed by atoms with Gasteiger partial charge in [0.15, 0.2) is 0 Å². The average molecular weight is 769 g/mol. The smallest absolute Gasteiger partial charge is 0.414 e. The molecule has 0 radical (unpaired) electrons. The Kier molecular flexibility index (Phi) is 10.3. The number of aromatic nitrogens is 2. The molecule has 4 aliphatic heterocycles. The number of fused-ring (bicyclic) bond motifs is 2. The molecule has 0 spiro atoms. The largest absolute Gasteiger partial charge is 0.442 e. The van der Waals surface area contributed by atoms with Gasteiger partial charge in [0.25, 0.3) is 11.8 Å². The number of amides is 6. The van der Waals surface area contributed by atoms with Crippen molar-refractivity contribution >= 4 is 58.6 Å². The Labute approximate surface area is 318 Å². The van der Waals surface area contributed by atoms with Gasteiger partial charge < -0.3 is 20.1 Å². The van der Waals surface area contributed by atoms with E-state index < -0.39 is 36.0 Å². The molecule has 2 aromatic carbocycles. The molecule has 0 aliphatic carbocycles. The maximum Gasteiger partial charge on any atom is 0.414 e. The number of nitrogens with zero attached hydrogens (tertiary/aromatic N) is 6. The van der Waals surface area contributed by atoms with Crippen molar-refractivity contribution in [2.24, 2.45) is 0 Å². The van der Waals surface area contributed by atoms with Gasteiger partial charge >= 0.3 is 12.2 Å². The van der Waals surface area contributed by atoms with E-state index in [0.29, 0.717) is 28.3 Å². The van der Waals surface area contributed by atoms with Crippen LogP contribution < -0.4 is 30.2 Å². The van der Waals surface area contributed by atoms with Gasteiger partial charge in [-0.25, -0.2) is 18.4 Å². The SMILES string of the molecule is CC(=O)NC[C@H]1CN(c2ccc(N3Cc4cccnc4C3=O)c(F)c2)C(=O)O1.CC(=O)NC[C@H]1CN(c2ccc(N3Cc4ncccc4C3=O)c(F)c2)C(=O)O1. The molecule has 0 saturated carbocycles. The van der Waals surface area contributed by atoms with Crippen LogP contribution in [0, 0.1) is 11.6 Å². The molecule has 2 aromatic heterocycles. The van der Waals surface area contributed by atoms with E-state index in [1.165, 1.54) is 63.9 Å². The zero-order valence-corrected chi connectivity index (χ0v) is 30.0. The Balaban J connectivity index is 0.000000172. The number of ether oxygens (including phenoxy) is 2. The molecule has 2 N–H and O–H groups in total. The van der Waals surface area contributed by atoms with Crippen molar-refractivity contribution in [2.45, 2.75) is 39.1 Å². The third-order valence-corrected chi connectivity index (χ3v) is 9.31. The number of cyclic esters (lactones) is 2. The minimum Gasteiger partial charge on any atom is -0.442 e. The molecule has 8 rings (SSSR count). The van der Waals surface area contributed by atoms with E-state index in [1.807, 2.05) is 0 Å². The fourth-order valence-electron chi connectivity index (χ4n) is 6.60. The Bertz CT molecular complexity index is 2120. The number of halogens is 2. The van der Waals surface area contributed by atoms with Crippen LogP contribution in [0.15, 0.2) is 73.1 Å². The van der Waals surface area contributed by atoms with Crippen molar-refractivity contribution in [1.82, 2.24) is 20.6 Å². The molecule has 0 bridgehead atoms. The van der Waals surface area contributed by atoms with Crippen molar-refractivity contribution in [3.63, 3.8) is 0 Å². The molecular formula is C38H34F2N8O8. The molecule has 2 atom stereocenters. The fourth-order valence-corrected chi connectivity index (χ4v) is 6.60. The molecule has 4 aliphatic rings. The first-order valence-electron chi connectivity index (χ1n) is 17.4. The predicted octanol–water partition coefficient (Wildman–Crippen LogP) is 3.68. The van der Waals surface area contributed by atoms with Crippen LogP contribution in [0.4, 0.5) is 41.1 Å². The van der Waals surface area contributed by atoms with E-state index >= 15 is 0 Å². The van der Waals surface area contributed by atoms with Crippen molar-refractivity contribution in [3.8, 4) is 0 Å². The topological polar surface area (TPSA) is 184 Å². The van der Waals surface area contributed by atoms with Crippen molar-refractivity contribution in [2.75, 3.05) is 45.8 Å². The predicted molar refractivity (Wildman–Crippen MR) is 195 cm³/mol. The van der Waals surface area contributed by atoms with Crippen LogP contribution in [-0.2, 0) is 32.2 Å². The Hall–Kier alpha value is -6.98. The molecule has 6 amide bonds. The van der Waals surface area contributed by atoms with Gasteiger partial charge in [0.2, 0.25) is 11.8 Å². The summed E-state index contributed by atoms with van der Waals surface area (Å²) >= 11 is 0. The summed E-state index contributed by atoms with van der Waals surface area (Å²) in [5.41, 5.74) is 2.98. The van der Waals surface area contributed by atoms with Crippen LogP contribution in [-0.4, -0.2) is 84.2 Å². The summed E-state index contributed by atoms with van der Waals surface area (Å²) in [6.45, 7) is 3.92. The lowest BCUT2D eigenvalue weighted by Crippen LogP contribution is -2.33. The Morgan fingerprint density at radius 2 is 1.21 bits per heavy atom. The van der Waals surface area contributed by atoms with Crippen LogP contribution in [0.1, 0.15) is 46.0 Å². The monoisotopic (exact) mass is 768 g/mol. The van der Waals surface area contributed by atoms with Crippen LogP contribution in [0.3, 0.4) is 0 Å². The second-order valence-electron chi connectivity index (χ2n) is 13.2. The molecule has 288 valence electrons. The van der Waals surface area contributed by atoms with Crippen LogP contribution in [0.25, 0.3) is 0 Å². The summed E-state index contributed by atoms with van der Waals surface area (Å²) in [6, 6.07) is 15.3. The van der Waals surface area contributed by atoms with Gasteiger partial charge in [-0.3, -0.25) is 48.7 Å². The third-order valence-electron chi connectivity index (χ3n) is 9.31. The van der Waals surface area contributed by atoms with E-state index in [2.05, 4.69) is 20.6 Å². The fraction of sp³-hybridized carbons (Fsp3) is 0.263. The summed E-state index contributed by atoms with van der Waals surface area (Å²) in [5.74, 6) is -2.39. The number of carbonyl (C=O) groups excluding carboxylic acids is 6. The summed E-state index contributed by atoms with van der Waals surface area (Å²) < 4.78 is 39.9. The standard InChI is InChI=1S/2C19H17FN4O4/c1-11(25)22-8-13-9-23(19(27)28-13)12-4-5-17(15(20)7-12)24-10-16-14(18(24)26)3-2-6-21-16;1-11(25)22-8-14-10-23(19(27)28-14)13-4-5-16(15(20)7-13)24-9-12-3-2-6-21-17(12)18(24)26/h2-7,13H,8-10H2,1H3,(H,22,25);2-7,14H,8-10H2,1H3,(H,22,25)/t13-;14-/m00/s1. The molecule has 16 nitrogen and oxygen atoms in total. The zero-order valence-electron chi connectivity index (χ0n) is 30.0. The normalized spacial score (nSPS) is 18.3. The first-order chi connectivity index (χ1) is 26.9. The van der Waals surface area contributed by atoms with Crippen LogP contribution in [0.2, 0.25) is 0 Å². The summed E-state index contributed by atoms with van der Waals surface area (Å²) in [7, 11) is 0. The molecule has 2 fully saturated rings. The number of pyridine rings is 2. The number of carbonyl (C=O) groups is 6. The minimum absolute atomic E-state index is 0.120. The lowest BCUT2D eigenvalue weighted by atomic mass is 10.2. The maximum atomic E-state index is 14.8. The molecule has 56 heavy (non-hydrogen) atoms. The van der Waals surface area contributed by atoms with E-state index in [9.17, 15) is 37.5 Å². The van der Waals surface area contributed by atoms with Gasteiger partial charge in [0, 0.05) is 31.8 Å².